The van der Waals surface area contributed by atoms with E-state index in [0.29, 0.717) is 30.5 Å². The predicted molar refractivity (Wildman–Crippen MR) is 137 cm³/mol. The number of esters is 2. The van der Waals surface area contributed by atoms with Gasteiger partial charge in [0.1, 0.15) is 0 Å². The van der Waals surface area contributed by atoms with Crippen molar-refractivity contribution in [2.45, 2.75) is 12.8 Å². The fourth-order valence-corrected chi connectivity index (χ4v) is 4.21. The number of nitrogens with zero attached hydrogens (tertiary/aromatic N) is 2. The highest BCUT2D eigenvalue weighted by atomic mass is 35.5. The summed E-state index contributed by atoms with van der Waals surface area (Å²) < 4.78 is 10.2. The van der Waals surface area contributed by atoms with E-state index in [0.717, 1.165) is 53.5 Å². The van der Waals surface area contributed by atoms with E-state index in [9.17, 15) is 9.59 Å². The Bertz CT molecular complexity index is 1120. The molecule has 0 aliphatic heterocycles. The number of pyridine rings is 1. The van der Waals surface area contributed by atoms with Gasteiger partial charge in [0, 0.05) is 48.7 Å². The Kier molecular flexibility index (Phi) is 10.2. The molecule has 0 radical (unpaired) electrons. The van der Waals surface area contributed by atoms with Gasteiger partial charge in [-0.05, 0) is 30.7 Å². The van der Waals surface area contributed by atoms with E-state index in [4.69, 9.17) is 37.7 Å². The van der Waals surface area contributed by atoms with Crippen LogP contribution in [0.4, 0.5) is 5.69 Å². The monoisotopic (exact) mass is 505 g/mol. The molecule has 0 unspecified atom stereocenters. The second kappa shape index (κ2) is 13.3. The smallest absolute Gasteiger partial charge is 0.337 e. The van der Waals surface area contributed by atoms with Crippen molar-refractivity contribution < 1.29 is 19.1 Å². The van der Waals surface area contributed by atoms with E-state index in [1.807, 2.05) is 24.3 Å². The minimum absolute atomic E-state index is 0.210. The molecule has 1 heterocycles. The highest BCUT2D eigenvalue weighted by Gasteiger charge is 2.13. The number of para-hydroxylation sites is 1. The number of hydrogen-bond donors (Lipinski definition) is 1. The molecule has 0 spiro atoms. The minimum atomic E-state index is -0.416. The van der Waals surface area contributed by atoms with E-state index < -0.39 is 5.97 Å². The van der Waals surface area contributed by atoms with Gasteiger partial charge >= 0.3 is 11.9 Å². The Morgan fingerprint density at radius 1 is 1.00 bits per heavy atom. The number of carbonyl (C=O) groups is 2. The fourth-order valence-electron chi connectivity index (χ4n) is 3.74. The zero-order valence-corrected chi connectivity index (χ0v) is 20.7. The first-order valence-corrected chi connectivity index (χ1v) is 12.3. The topological polar surface area (TPSA) is 80.8 Å². The first-order valence-electron chi connectivity index (χ1n) is 11.2. The molecule has 182 valence electrons. The second-order valence-electron chi connectivity index (χ2n) is 7.70. The Morgan fingerprint density at radius 2 is 1.74 bits per heavy atom. The van der Waals surface area contributed by atoms with Crippen LogP contribution in [0.3, 0.4) is 0 Å². The first kappa shape index (κ1) is 26.0. The van der Waals surface area contributed by atoms with Gasteiger partial charge in [-0.15, -0.1) is 23.2 Å². The van der Waals surface area contributed by atoms with Crippen molar-refractivity contribution in [3.05, 3.63) is 48.0 Å². The number of alkyl halides is 2. The van der Waals surface area contributed by atoms with Crippen LogP contribution in [0.5, 0.6) is 0 Å². The summed E-state index contributed by atoms with van der Waals surface area (Å²) in [5.74, 6) is 0.399. The van der Waals surface area contributed by atoms with E-state index in [1.54, 1.807) is 18.2 Å². The maximum Gasteiger partial charge on any atom is 0.337 e. The summed E-state index contributed by atoms with van der Waals surface area (Å²) >= 11 is 11.6. The molecule has 0 saturated carbocycles. The van der Waals surface area contributed by atoms with Gasteiger partial charge in [-0.2, -0.15) is 0 Å². The summed E-state index contributed by atoms with van der Waals surface area (Å²) in [6.45, 7) is 3.04. The van der Waals surface area contributed by atoms with E-state index in [-0.39, 0.29) is 12.4 Å². The molecule has 7 nitrogen and oxygen atoms in total. The van der Waals surface area contributed by atoms with Gasteiger partial charge in [0.25, 0.3) is 0 Å². The maximum atomic E-state index is 12.2. The number of rotatable bonds is 13. The molecule has 0 atom stereocenters. The number of nitrogens with one attached hydrogen (secondary N) is 1. The number of aromatic nitrogens is 1. The van der Waals surface area contributed by atoms with Crippen LogP contribution in [-0.4, -0.2) is 73.5 Å². The van der Waals surface area contributed by atoms with Gasteiger partial charge in [-0.25, -0.2) is 9.78 Å². The zero-order chi connectivity index (χ0) is 24.3. The number of halogens is 2. The molecule has 34 heavy (non-hydrogen) atoms. The summed E-state index contributed by atoms with van der Waals surface area (Å²) in [4.78, 5) is 31.1. The highest BCUT2D eigenvalue weighted by Crippen LogP contribution is 2.31. The molecule has 2 aromatic carbocycles. The molecule has 0 amide bonds. The van der Waals surface area contributed by atoms with Crippen molar-refractivity contribution in [2.75, 3.05) is 57.0 Å². The van der Waals surface area contributed by atoms with Crippen molar-refractivity contribution in [1.29, 1.82) is 0 Å². The lowest BCUT2D eigenvalue weighted by Crippen LogP contribution is -2.29. The minimum Gasteiger partial charge on any atom is -0.466 e. The molecule has 3 aromatic rings. The van der Waals surface area contributed by atoms with Crippen LogP contribution in [-0.2, 0) is 14.3 Å². The fraction of sp³-hybridized carbons (Fsp3) is 0.400. The summed E-state index contributed by atoms with van der Waals surface area (Å²) in [6, 6.07) is 13.0. The summed E-state index contributed by atoms with van der Waals surface area (Å²) in [5, 5.41) is 5.05. The summed E-state index contributed by atoms with van der Waals surface area (Å²) in [5.41, 5.74) is 2.82. The standard InChI is InChI=1S/C25H29Cl2N3O4/c1-33-25(32)18-7-8-22-20(17-18)24(19-5-2-3-6-21(19)29-22)28-12-9-23(31)34-16-4-13-30(14-10-26)15-11-27/h2-3,5-8,17H,4,9-16H2,1H3,(H,28,29). The molecule has 0 aliphatic carbocycles. The van der Waals surface area contributed by atoms with Crippen LogP contribution in [0.1, 0.15) is 23.2 Å². The molecule has 0 aliphatic rings. The van der Waals surface area contributed by atoms with Crippen molar-refractivity contribution in [3.8, 4) is 0 Å². The Morgan fingerprint density at radius 3 is 2.47 bits per heavy atom. The van der Waals surface area contributed by atoms with Gasteiger partial charge in [-0.3, -0.25) is 4.79 Å². The Hall–Kier alpha value is -2.61. The van der Waals surface area contributed by atoms with Gasteiger partial charge in [0.05, 0.1) is 42.4 Å². The zero-order valence-electron chi connectivity index (χ0n) is 19.2. The molecule has 1 N–H and O–H groups in total. The number of benzene rings is 2. The number of hydrogen-bond acceptors (Lipinski definition) is 7. The van der Waals surface area contributed by atoms with Crippen LogP contribution in [0, 0.1) is 0 Å². The van der Waals surface area contributed by atoms with Crippen molar-refractivity contribution in [2.24, 2.45) is 0 Å². The number of methoxy groups -OCH3 is 1. The van der Waals surface area contributed by atoms with Gasteiger partial charge in [-0.1, -0.05) is 18.2 Å². The lowest BCUT2D eigenvalue weighted by Gasteiger charge is -2.19. The third-order valence-corrected chi connectivity index (χ3v) is 5.75. The van der Waals surface area contributed by atoms with Gasteiger partial charge < -0.3 is 19.7 Å². The van der Waals surface area contributed by atoms with Gasteiger partial charge in [0.15, 0.2) is 0 Å². The Labute approximate surface area is 209 Å². The third-order valence-electron chi connectivity index (χ3n) is 5.42. The number of fused-ring (bicyclic) bond motifs is 2. The van der Waals surface area contributed by atoms with Crippen LogP contribution in [0.15, 0.2) is 42.5 Å². The van der Waals surface area contributed by atoms with Crippen molar-refractivity contribution in [1.82, 2.24) is 9.88 Å². The molecular formula is C25H29Cl2N3O4. The molecule has 0 saturated heterocycles. The lowest BCUT2D eigenvalue weighted by molar-refractivity contribution is -0.143. The Balaban J connectivity index is 1.63. The van der Waals surface area contributed by atoms with Gasteiger partial charge in [0.2, 0.25) is 0 Å². The average Bonchev–Trinajstić information content (AvgIpc) is 2.85. The summed E-state index contributed by atoms with van der Waals surface area (Å²) in [7, 11) is 1.35. The highest BCUT2D eigenvalue weighted by molar-refractivity contribution is 6.18. The number of anilines is 1. The quantitative estimate of drug-likeness (QED) is 0.156. The normalized spacial score (nSPS) is 11.2. The van der Waals surface area contributed by atoms with E-state index in [1.165, 1.54) is 7.11 Å². The van der Waals surface area contributed by atoms with Crippen LogP contribution < -0.4 is 5.32 Å². The molecular weight excluding hydrogens is 477 g/mol. The molecule has 9 heteroatoms. The van der Waals surface area contributed by atoms with E-state index >= 15 is 0 Å². The molecule has 3 rings (SSSR count). The van der Waals surface area contributed by atoms with Crippen LogP contribution >= 0.6 is 23.2 Å². The predicted octanol–water partition coefficient (Wildman–Crippen LogP) is 4.69. The molecule has 0 bridgehead atoms. The lowest BCUT2D eigenvalue weighted by atomic mass is 10.0. The average molecular weight is 506 g/mol. The van der Waals surface area contributed by atoms with Crippen molar-refractivity contribution >= 4 is 62.6 Å². The second-order valence-corrected chi connectivity index (χ2v) is 8.45. The summed E-state index contributed by atoms with van der Waals surface area (Å²) in [6.07, 6.45) is 0.935. The maximum absolute atomic E-state index is 12.2. The SMILES string of the molecule is COC(=O)c1ccc2nc3ccccc3c(NCCC(=O)OCCCN(CCCl)CCCl)c2c1. The number of ether oxygens (including phenoxy) is 2. The van der Waals surface area contributed by atoms with Crippen molar-refractivity contribution in [3.63, 3.8) is 0 Å². The third kappa shape index (κ3) is 6.95. The molecule has 1 aromatic heterocycles. The molecule has 0 fully saturated rings. The van der Waals surface area contributed by atoms with Crippen LogP contribution in [0.2, 0.25) is 0 Å². The van der Waals surface area contributed by atoms with E-state index in [2.05, 4.69) is 10.2 Å². The van der Waals surface area contributed by atoms with Crippen LogP contribution in [0.25, 0.3) is 21.8 Å². The first-order chi connectivity index (χ1) is 16.6. The number of carbonyl (C=O) groups excluding carboxylic acids is 2. The largest absolute Gasteiger partial charge is 0.466 e.